The zero-order chi connectivity index (χ0) is 19.1. The van der Waals surface area contributed by atoms with Crippen molar-refractivity contribution in [1.29, 1.82) is 0 Å². The van der Waals surface area contributed by atoms with Crippen molar-refractivity contribution in [2.24, 2.45) is 11.8 Å². The lowest BCUT2D eigenvalue weighted by atomic mass is 10.0. The Morgan fingerprint density at radius 2 is 1.75 bits per heavy atom. The third-order valence-electron chi connectivity index (χ3n) is 2.97. The van der Waals surface area contributed by atoms with Gasteiger partial charge in [0.25, 0.3) is 0 Å². The van der Waals surface area contributed by atoms with E-state index in [1.165, 1.54) is 6.08 Å². The lowest BCUT2D eigenvalue weighted by Crippen LogP contribution is -2.53. The highest BCUT2D eigenvalue weighted by Crippen LogP contribution is 2.26. The van der Waals surface area contributed by atoms with E-state index in [0.717, 1.165) is 0 Å². The molecule has 5 nitrogen and oxygen atoms in total. The number of hydrogen-bond acceptors (Lipinski definition) is 4. The molecule has 0 saturated carbocycles. The van der Waals surface area contributed by atoms with Gasteiger partial charge in [0.15, 0.2) is 0 Å². The maximum absolute atomic E-state index is 13.1. The summed E-state index contributed by atoms with van der Waals surface area (Å²) < 4.78 is 44.4. The molecule has 0 aliphatic carbocycles. The molecule has 1 amide bonds. The van der Waals surface area contributed by atoms with Crippen LogP contribution in [0.5, 0.6) is 0 Å². The third-order valence-corrected chi connectivity index (χ3v) is 2.97. The van der Waals surface area contributed by atoms with Gasteiger partial charge in [0, 0.05) is 13.1 Å². The van der Waals surface area contributed by atoms with Crippen molar-refractivity contribution >= 4 is 11.9 Å². The molecule has 24 heavy (non-hydrogen) atoms. The molecule has 0 aromatic rings. The second-order valence-electron chi connectivity index (χ2n) is 6.80. The summed E-state index contributed by atoms with van der Waals surface area (Å²) in [4.78, 5) is 24.2. The van der Waals surface area contributed by atoms with E-state index in [1.54, 1.807) is 34.6 Å². The van der Waals surface area contributed by atoms with E-state index < -0.39 is 48.1 Å². The van der Waals surface area contributed by atoms with Gasteiger partial charge in [0.2, 0.25) is 5.91 Å². The molecule has 0 bridgehead atoms. The molecule has 140 valence electrons. The summed E-state index contributed by atoms with van der Waals surface area (Å²) in [6, 6.07) is -1.15. The summed E-state index contributed by atoms with van der Waals surface area (Å²) in [7, 11) is 0. The molecule has 0 radical (unpaired) electrons. The van der Waals surface area contributed by atoms with Crippen LogP contribution in [-0.4, -0.2) is 42.8 Å². The number of esters is 1. The molecule has 0 unspecified atom stereocenters. The monoisotopic (exact) mass is 352 g/mol. The average Bonchev–Trinajstić information content (AvgIpc) is 2.36. The number of hydrogen-bond donors (Lipinski definition) is 2. The van der Waals surface area contributed by atoms with E-state index in [0.29, 0.717) is 0 Å². The van der Waals surface area contributed by atoms with E-state index in [9.17, 15) is 22.8 Å². The Morgan fingerprint density at radius 3 is 2.12 bits per heavy atom. The van der Waals surface area contributed by atoms with Crippen molar-refractivity contribution in [1.82, 2.24) is 10.6 Å². The van der Waals surface area contributed by atoms with Crippen LogP contribution in [0.3, 0.4) is 0 Å². The average molecular weight is 352 g/mol. The van der Waals surface area contributed by atoms with Crippen molar-refractivity contribution in [3.05, 3.63) is 12.7 Å². The summed E-state index contributed by atoms with van der Waals surface area (Å²) in [5.74, 6) is -4.70. The zero-order valence-electron chi connectivity index (χ0n) is 14.8. The number of carbonyl (C=O) groups is 2. The first-order chi connectivity index (χ1) is 10.8. The van der Waals surface area contributed by atoms with Crippen LogP contribution in [0, 0.1) is 11.8 Å². The highest BCUT2D eigenvalue weighted by Gasteiger charge is 2.45. The van der Waals surface area contributed by atoms with Crippen LogP contribution < -0.4 is 10.6 Å². The minimum Gasteiger partial charge on any atom is -0.458 e. The third kappa shape index (κ3) is 8.33. The van der Waals surface area contributed by atoms with Gasteiger partial charge in [-0.2, -0.15) is 13.2 Å². The molecule has 0 rings (SSSR count). The van der Waals surface area contributed by atoms with Gasteiger partial charge in [0.1, 0.15) is 17.6 Å². The fourth-order valence-corrected chi connectivity index (χ4v) is 1.80. The maximum Gasteiger partial charge on any atom is 0.401 e. The zero-order valence-corrected chi connectivity index (χ0v) is 14.8. The van der Waals surface area contributed by atoms with Gasteiger partial charge >= 0.3 is 12.1 Å². The first kappa shape index (κ1) is 22.4. The van der Waals surface area contributed by atoms with E-state index >= 15 is 0 Å². The second-order valence-corrected chi connectivity index (χ2v) is 6.80. The summed E-state index contributed by atoms with van der Waals surface area (Å²) >= 11 is 0. The number of ether oxygens (including phenoxy) is 1. The molecule has 0 aliphatic heterocycles. The summed E-state index contributed by atoms with van der Waals surface area (Å²) in [6.07, 6.45) is -3.34. The van der Waals surface area contributed by atoms with Gasteiger partial charge < -0.3 is 15.4 Å². The molecule has 0 fully saturated rings. The predicted molar refractivity (Wildman–Crippen MR) is 85.2 cm³/mol. The second kappa shape index (κ2) is 9.05. The van der Waals surface area contributed by atoms with Crippen LogP contribution >= 0.6 is 0 Å². The lowest BCUT2D eigenvalue weighted by Gasteiger charge is -2.28. The van der Waals surface area contributed by atoms with Gasteiger partial charge in [0.05, 0.1) is 0 Å². The van der Waals surface area contributed by atoms with Gasteiger partial charge in [-0.15, -0.1) is 6.58 Å². The Labute approximate surface area is 141 Å². The maximum atomic E-state index is 13.1. The summed E-state index contributed by atoms with van der Waals surface area (Å²) in [5, 5.41) is 4.65. The summed E-state index contributed by atoms with van der Waals surface area (Å²) in [5.41, 5.74) is -0.802. The van der Waals surface area contributed by atoms with Crippen molar-refractivity contribution in [3.8, 4) is 0 Å². The highest BCUT2D eigenvalue weighted by molar-refractivity contribution is 5.86. The van der Waals surface area contributed by atoms with Gasteiger partial charge in [-0.05, 0) is 26.7 Å². The topological polar surface area (TPSA) is 67.4 Å². The van der Waals surface area contributed by atoms with Crippen molar-refractivity contribution in [3.63, 3.8) is 0 Å². The molecule has 2 atom stereocenters. The van der Waals surface area contributed by atoms with E-state index in [4.69, 9.17) is 4.74 Å². The van der Waals surface area contributed by atoms with Crippen molar-refractivity contribution in [2.75, 3.05) is 13.1 Å². The van der Waals surface area contributed by atoms with Crippen molar-refractivity contribution < 1.29 is 27.5 Å². The number of amides is 1. The number of rotatable bonds is 8. The van der Waals surface area contributed by atoms with Crippen LogP contribution in [0.25, 0.3) is 0 Å². The standard InChI is InChI=1S/C16H27F3N2O3/c1-7-8-20-9-11(16(17,18)19)13(22)21-12(10(2)3)14(23)24-15(4,5)6/h7,10-12,20H,1,8-9H2,2-6H3,(H,21,22)/t11-,12-/m0/s1. The lowest BCUT2D eigenvalue weighted by molar-refractivity contribution is -0.184. The summed E-state index contributed by atoms with van der Waals surface area (Å²) in [6.45, 7) is 11.1. The van der Waals surface area contributed by atoms with Crippen LogP contribution in [0.2, 0.25) is 0 Å². The van der Waals surface area contributed by atoms with E-state index in [2.05, 4.69) is 17.2 Å². The predicted octanol–water partition coefficient (Wildman–Crippen LogP) is 2.42. The van der Waals surface area contributed by atoms with Crippen LogP contribution in [0.15, 0.2) is 12.7 Å². The molecule has 0 spiro atoms. The van der Waals surface area contributed by atoms with Crippen LogP contribution in [-0.2, 0) is 14.3 Å². The molecule has 0 aromatic heterocycles. The quantitative estimate of drug-likeness (QED) is 0.400. The Morgan fingerprint density at radius 1 is 1.21 bits per heavy atom. The number of alkyl halides is 3. The highest BCUT2D eigenvalue weighted by atomic mass is 19.4. The smallest absolute Gasteiger partial charge is 0.401 e. The Balaban J connectivity index is 5.12. The van der Waals surface area contributed by atoms with Gasteiger partial charge in [-0.3, -0.25) is 4.79 Å². The Hall–Kier alpha value is -1.57. The van der Waals surface area contributed by atoms with Gasteiger partial charge in [-0.25, -0.2) is 4.79 Å². The molecule has 8 heteroatoms. The van der Waals surface area contributed by atoms with E-state index in [1.807, 2.05) is 0 Å². The normalized spacial score (nSPS) is 14.9. The van der Waals surface area contributed by atoms with E-state index in [-0.39, 0.29) is 6.54 Å². The minimum atomic E-state index is -4.73. The molecule has 0 saturated heterocycles. The molecule has 0 heterocycles. The molecular weight excluding hydrogens is 325 g/mol. The first-order valence-corrected chi connectivity index (χ1v) is 7.71. The van der Waals surface area contributed by atoms with Crippen molar-refractivity contribution in [2.45, 2.75) is 52.4 Å². The molecule has 0 aromatic carbocycles. The fraction of sp³-hybridized carbons (Fsp3) is 0.750. The SMILES string of the molecule is C=CCNC[C@@H](C(=O)N[C@H](C(=O)OC(C)(C)C)C(C)C)C(F)(F)F. The Kier molecular flexibility index (Phi) is 8.46. The Bertz CT molecular complexity index is 443. The largest absolute Gasteiger partial charge is 0.458 e. The molecular formula is C16H27F3N2O3. The number of halogens is 3. The fourth-order valence-electron chi connectivity index (χ4n) is 1.80. The number of carbonyl (C=O) groups excluding carboxylic acids is 2. The number of nitrogens with one attached hydrogen (secondary N) is 2. The first-order valence-electron chi connectivity index (χ1n) is 7.71. The van der Waals surface area contributed by atoms with Crippen LogP contribution in [0.1, 0.15) is 34.6 Å². The van der Waals surface area contributed by atoms with Gasteiger partial charge in [-0.1, -0.05) is 19.9 Å². The molecule has 2 N–H and O–H groups in total. The van der Waals surface area contributed by atoms with Crippen LogP contribution in [0.4, 0.5) is 13.2 Å². The minimum absolute atomic E-state index is 0.138. The molecule has 0 aliphatic rings.